The lowest BCUT2D eigenvalue weighted by Gasteiger charge is -2.31. The van der Waals surface area contributed by atoms with Gasteiger partial charge in [0.2, 0.25) is 0 Å². The number of halogens is 1. The molecule has 18 heavy (non-hydrogen) atoms. The molecule has 1 aliphatic heterocycles. The van der Waals surface area contributed by atoms with E-state index in [9.17, 15) is 5.11 Å². The summed E-state index contributed by atoms with van der Waals surface area (Å²) in [5, 5.41) is 13.0. The van der Waals surface area contributed by atoms with Crippen molar-refractivity contribution < 1.29 is 9.84 Å². The molecule has 1 aliphatic rings. The van der Waals surface area contributed by atoms with E-state index in [-0.39, 0.29) is 18.7 Å². The molecule has 100 valence electrons. The van der Waals surface area contributed by atoms with Gasteiger partial charge in [0.1, 0.15) is 5.75 Å². The third-order valence-electron chi connectivity index (χ3n) is 3.43. The van der Waals surface area contributed by atoms with E-state index < -0.39 is 0 Å². The van der Waals surface area contributed by atoms with Crippen molar-refractivity contribution >= 4 is 15.9 Å². The molecule has 1 heterocycles. The number of aliphatic hydroxyl groups is 1. The maximum Gasteiger partial charge on any atom is 0.124 e. The van der Waals surface area contributed by atoms with Gasteiger partial charge in [0.25, 0.3) is 0 Å². The Morgan fingerprint density at radius 1 is 1.50 bits per heavy atom. The van der Waals surface area contributed by atoms with E-state index in [1.54, 1.807) is 0 Å². The Labute approximate surface area is 117 Å². The number of ether oxygens (including phenoxy) is 1. The number of hydrogen-bond acceptors (Lipinski definition) is 3. The van der Waals surface area contributed by atoms with E-state index in [0.717, 1.165) is 23.2 Å². The summed E-state index contributed by atoms with van der Waals surface area (Å²) in [5.74, 6) is 1.36. The van der Waals surface area contributed by atoms with E-state index >= 15 is 0 Å². The molecule has 2 atom stereocenters. The number of rotatable bonds is 4. The predicted octanol–water partition coefficient (Wildman–Crippen LogP) is 2.88. The molecule has 0 fully saturated rings. The zero-order valence-corrected chi connectivity index (χ0v) is 12.4. The van der Waals surface area contributed by atoms with Gasteiger partial charge in [-0.05, 0) is 24.1 Å². The van der Waals surface area contributed by atoms with Gasteiger partial charge >= 0.3 is 0 Å². The van der Waals surface area contributed by atoms with Gasteiger partial charge in [-0.1, -0.05) is 29.8 Å². The van der Waals surface area contributed by atoms with Crippen LogP contribution in [-0.4, -0.2) is 24.4 Å². The van der Waals surface area contributed by atoms with Gasteiger partial charge in [-0.15, -0.1) is 0 Å². The van der Waals surface area contributed by atoms with Crippen molar-refractivity contribution in [1.29, 1.82) is 0 Å². The minimum Gasteiger partial charge on any atom is -0.493 e. The molecular formula is C14H20BrNO2. The molecule has 0 spiro atoms. The van der Waals surface area contributed by atoms with Crippen LogP contribution in [0.3, 0.4) is 0 Å². The lowest BCUT2D eigenvalue weighted by molar-refractivity contribution is 0.179. The minimum absolute atomic E-state index is 0.125. The molecule has 0 aromatic heterocycles. The van der Waals surface area contributed by atoms with Crippen molar-refractivity contribution in [3.8, 4) is 5.75 Å². The van der Waals surface area contributed by atoms with Crippen LogP contribution in [0.2, 0.25) is 0 Å². The smallest absolute Gasteiger partial charge is 0.124 e. The largest absolute Gasteiger partial charge is 0.493 e. The van der Waals surface area contributed by atoms with Gasteiger partial charge in [0.05, 0.1) is 13.2 Å². The summed E-state index contributed by atoms with van der Waals surface area (Å²) in [7, 11) is 0. The van der Waals surface area contributed by atoms with Crippen LogP contribution >= 0.6 is 15.9 Å². The van der Waals surface area contributed by atoms with Gasteiger partial charge in [-0.25, -0.2) is 0 Å². The summed E-state index contributed by atoms with van der Waals surface area (Å²) in [6.07, 6.45) is 0.937. The quantitative estimate of drug-likeness (QED) is 0.898. The fourth-order valence-corrected chi connectivity index (χ4v) is 2.63. The Kier molecular flexibility index (Phi) is 4.65. The van der Waals surface area contributed by atoms with Crippen molar-refractivity contribution in [3.05, 3.63) is 28.2 Å². The van der Waals surface area contributed by atoms with Crippen LogP contribution < -0.4 is 10.1 Å². The second kappa shape index (κ2) is 6.04. The third kappa shape index (κ3) is 3.05. The van der Waals surface area contributed by atoms with Gasteiger partial charge < -0.3 is 15.2 Å². The summed E-state index contributed by atoms with van der Waals surface area (Å²) < 4.78 is 6.72. The van der Waals surface area contributed by atoms with Gasteiger partial charge in [-0.3, -0.25) is 0 Å². The Morgan fingerprint density at radius 3 is 2.94 bits per heavy atom. The first kappa shape index (κ1) is 13.8. The molecule has 1 aromatic rings. The Balaban J connectivity index is 2.19. The van der Waals surface area contributed by atoms with Crippen LogP contribution in [0.4, 0.5) is 0 Å². The first-order valence-electron chi connectivity index (χ1n) is 6.41. The van der Waals surface area contributed by atoms with Crippen molar-refractivity contribution in [2.45, 2.75) is 32.4 Å². The van der Waals surface area contributed by atoms with Crippen LogP contribution in [0.25, 0.3) is 0 Å². The highest BCUT2D eigenvalue weighted by molar-refractivity contribution is 9.10. The molecule has 3 nitrogen and oxygen atoms in total. The van der Waals surface area contributed by atoms with E-state index in [4.69, 9.17) is 4.74 Å². The van der Waals surface area contributed by atoms with E-state index in [1.165, 1.54) is 5.56 Å². The Hall–Kier alpha value is -0.580. The standard InChI is InChI=1S/C14H20BrNO2/c1-9(2)13(8-17)16-12-5-6-18-14-4-3-10(15)7-11(12)14/h3-4,7,9,12-13,16-17H,5-6,8H2,1-2H3/t12?,13-/m1/s1. The Bertz CT molecular complexity index is 409. The Morgan fingerprint density at radius 2 is 2.28 bits per heavy atom. The number of nitrogens with one attached hydrogen (secondary N) is 1. The summed E-state index contributed by atoms with van der Waals surface area (Å²) in [5.41, 5.74) is 1.18. The minimum atomic E-state index is 0.125. The van der Waals surface area contributed by atoms with Crippen molar-refractivity contribution in [2.75, 3.05) is 13.2 Å². The average Bonchev–Trinajstić information content (AvgIpc) is 2.35. The van der Waals surface area contributed by atoms with E-state index in [1.807, 2.05) is 12.1 Å². The summed E-state index contributed by atoms with van der Waals surface area (Å²) in [6, 6.07) is 6.47. The maximum atomic E-state index is 9.43. The fourth-order valence-electron chi connectivity index (χ4n) is 2.25. The number of fused-ring (bicyclic) bond motifs is 1. The van der Waals surface area contributed by atoms with E-state index in [0.29, 0.717) is 5.92 Å². The lowest BCUT2D eigenvalue weighted by Crippen LogP contribution is -2.41. The first-order valence-corrected chi connectivity index (χ1v) is 7.20. The van der Waals surface area contributed by atoms with Crippen LogP contribution in [0.15, 0.2) is 22.7 Å². The molecule has 0 amide bonds. The van der Waals surface area contributed by atoms with Crippen molar-refractivity contribution in [3.63, 3.8) is 0 Å². The second-order valence-electron chi connectivity index (χ2n) is 5.07. The van der Waals surface area contributed by atoms with Crippen molar-refractivity contribution in [2.24, 2.45) is 5.92 Å². The number of aliphatic hydroxyl groups excluding tert-OH is 1. The second-order valence-corrected chi connectivity index (χ2v) is 5.99. The topological polar surface area (TPSA) is 41.5 Å². The summed E-state index contributed by atoms with van der Waals surface area (Å²) >= 11 is 3.50. The monoisotopic (exact) mass is 313 g/mol. The molecular weight excluding hydrogens is 294 g/mol. The highest BCUT2D eigenvalue weighted by Crippen LogP contribution is 2.34. The lowest BCUT2D eigenvalue weighted by atomic mass is 9.97. The SMILES string of the molecule is CC(C)[C@@H](CO)NC1CCOc2ccc(Br)cc21. The van der Waals surface area contributed by atoms with Crippen LogP contribution in [0, 0.1) is 5.92 Å². The molecule has 1 unspecified atom stereocenters. The highest BCUT2D eigenvalue weighted by atomic mass is 79.9. The number of benzene rings is 1. The maximum absolute atomic E-state index is 9.43. The van der Waals surface area contributed by atoms with Crippen LogP contribution in [-0.2, 0) is 0 Å². The molecule has 4 heteroatoms. The highest BCUT2D eigenvalue weighted by Gasteiger charge is 2.25. The van der Waals surface area contributed by atoms with E-state index in [2.05, 4.69) is 41.2 Å². The molecule has 0 aliphatic carbocycles. The molecule has 0 saturated heterocycles. The summed E-state index contributed by atoms with van der Waals surface area (Å²) in [4.78, 5) is 0. The molecule has 1 aromatic carbocycles. The molecule has 2 rings (SSSR count). The number of hydrogen-bond donors (Lipinski definition) is 2. The van der Waals surface area contributed by atoms with Crippen LogP contribution in [0.1, 0.15) is 31.9 Å². The summed E-state index contributed by atoms with van der Waals surface area (Å²) in [6.45, 7) is 5.13. The molecule has 0 bridgehead atoms. The van der Waals surface area contributed by atoms with Gasteiger partial charge in [-0.2, -0.15) is 0 Å². The first-order chi connectivity index (χ1) is 8.61. The third-order valence-corrected chi connectivity index (χ3v) is 3.92. The normalized spacial score (nSPS) is 20.4. The zero-order valence-electron chi connectivity index (χ0n) is 10.8. The predicted molar refractivity (Wildman–Crippen MR) is 75.8 cm³/mol. The molecule has 0 saturated carbocycles. The fraction of sp³-hybridized carbons (Fsp3) is 0.571. The van der Waals surface area contributed by atoms with Gasteiger partial charge in [0.15, 0.2) is 0 Å². The van der Waals surface area contributed by atoms with Gasteiger partial charge in [0, 0.05) is 28.5 Å². The van der Waals surface area contributed by atoms with Crippen LogP contribution in [0.5, 0.6) is 5.75 Å². The average molecular weight is 314 g/mol. The molecule has 2 N–H and O–H groups in total. The molecule has 0 radical (unpaired) electrons. The van der Waals surface area contributed by atoms with Crippen molar-refractivity contribution in [1.82, 2.24) is 5.32 Å². The zero-order chi connectivity index (χ0) is 13.1.